The molecule has 0 aromatic heterocycles. The maximum atomic E-state index is 5.99. The molecule has 0 saturated carbocycles. The van der Waals surface area contributed by atoms with Gasteiger partial charge in [0.05, 0.1) is 10.0 Å². The van der Waals surface area contributed by atoms with Crippen molar-refractivity contribution in [3.05, 3.63) is 33.8 Å². The normalized spacial score (nSPS) is 17.9. The van der Waals surface area contributed by atoms with Crippen LogP contribution in [0.1, 0.15) is 12.5 Å². The second kappa shape index (κ2) is 6.33. The number of aliphatic imine (C=N–C) groups is 2. The van der Waals surface area contributed by atoms with Crippen molar-refractivity contribution in [2.45, 2.75) is 19.6 Å². The number of rotatable bonds is 2. The van der Waals surface area contributed by atoms with E-state index in [9.17, 15) is 0 Å². The van der Waals surface area contributed by atoms with Crippen molar-refractivity contribution in [1.82, 2.24) is 15.5 Å². The molecule has 1 heterocycles. The molecule has 1 aliphatic rings. The van der Waals surface area contributed by atoms with Crippen molar-refractivity contribution < 1.29 is 0 Å². The van der Waals surface area contributed by atoms with Crippen molar-refractivity contribution in [2.24, 2.45) is 9.98 Å². The summed E-state index contributed by atoms with van der Waals surface area (Å²) >= 11 is 11.9. The van der Waals surface area contributed by atoms with E-state index in [0.717, 1.165) is 11.5 Å². The molecule has 2 rings (SSSR count). The van der Waals surface area contributed by atoms with Crippen LogP contribution in [0, 0.1) is 0 Å². The Hall–Kier alpha value is -1.46. The summed E-state index contributed by atoms with van der Waals surface area (Å²) in [5.74, 6) is 1.48. The third-order valence-electron chi connectivity index (χ3n) is 2.72. The second-order valence-electron chi connectivity index (χ2n) is 4.68. The lowest BCUT2D eigenvalue weighted by atomic mass is 10.2. The van der Waals surface area contributed by atoms with Gasteiger partial charge in [-0.3, -0.25) is 5.32 Å². The van der Waals surface area contributed by atoms with Crippen molar-refractivity contribution in [3.8, 4) is 0 Å². The molecule has 7 heteroatoms. The zero-order chi connectivity index (χ0) is 14.7. The minimum Gasteiger partial charge on any atom is -0.352 e. The summed E-state index contributed by atoms with van der Waals surface area (Å²) in [5.41, 5.74) is 1.03. The summed E-state index contributed by atoms with van der Waals surface area (Å²) in [7, 11) is 3.86. The molecule has 0 radical (unpaired) electrons. The number of nitrogens with one attached hydrogen (secondary N) is 2. The van der Waals surface area contributed by atoms with E-state index in [4.69, 9.17) is 23.2 Å². The molecule has 0 amide bonds. The first-order valence-electron chi connectivity index (χ1n) is 6.23. The first-order valence-corrected chi connectivity index (χ1v) is 6.99. The van der Waals surface area contributed by atoms with Gasteiger partial charge in [0.25, 0.3) is 0 Å². The fourth-order valence-corrected chi connectivity index (χ4v) is 2.04. The number of halogens is 2. The van der Waals surface area contributed by atoms with Crippen LogP contribution in [0.25, 0.3) is 0 Å². The van der Waals surface area contributed by atoms with Crippen LogP contribution < -0.4 is 10.6 Å². The zero-order valence-corrected chi connectivity index (χ0v) is 13.1. The summed E-state index contributed by atoms with van der Waals surface area (Å²) in [5, 5.41) is 7.47. The fourth-order valence-electron chi connectivity index (χ4n) is 1.72. The monoisotopic (exact) mass is 313 g/mol. The van der Waals surface area contributed by atoms with E-state index in [-0.39, 0.29) is 6.17 Å². The second-order valence-corrected chi connectivity index (χ2v) is 5.50. The van der Waals surface area contributed by atoms with Crippen LogP contribution >= 0.6 is 23.2 Å². The summed E-state index contributed by atoms with van der Waals surface area (Å²) in [4.78, 5) is 10.7. The molecule has 20 heavy (non-hydrogen) atoms. The van der Waals surface area contributed by atoms with Crippen LogP contribution in [0.15, 0.2) is 28.2 Å². The number of guanidine groups is 2. The Bertz CT molecular complexity index is 554. The summed E-state index contributed by atoms with van der Waals surface area (Å²) in [6.45, 7) is 2.54. The van der Waals surface area contributed by atoms with Gasteiger partial charge in [-0.25, -0.2) is 9.98 Å². The van der Waals surface area contributed by atoms with Gasteiger partial charge in [0.1, 0.15) is 6.17 Å². The van der Waals surface area contributed by atoms with Crippen molar-refractivity contribution in [3.63, 3.8) is 0 Å². The zero-order valence-electron chi connectivity index (χ0n) is 11.6. The van der Waals surface area contributed by atoms with E-state index in [0.29, 0.717) is 22.5 Å². The lowest BCUT2D eigenvalue weighted by Crippen LogP contribution is -2.49. The molecular formula is C13H17Cl2N5. The molecule has 1 aromatic rings. The van der Waals surface area contributed by atoms with E-state index in [1.165, 1.54) is 0 Å². The van der Waals surface area contributed by atoms with Gasteiger partial charge < -0.3 is 10.2 Å². The van der Waals surface area contributed by atoms with Crippen LogP contribution in [0.5, 0.6) is 0 Å². The molecule has 1 aliphatic heterocycles. The predicted octanol–water partition coefficient (Wildman–Crippen LogP) is 2.31. The fraction of sp³-hybridized carbons (Fsp3) is 0.385. The highest BCUT2D eigenvalue weighted by atomic mass is 35.5. The van der Waals surface area contributed by atoms with Gasteiger partial charge in [-0.05, 0) is 24.6 Å². The first kappa shape index (κ1) is 14.9. The maximum absolute atomic E-state index is 5.99. The highest BCUT2D eigenvalue weighted by Crippen LogP contribution is 2.22. The molecule has 108 valence electrons. The van der Waals surface area contributed by atoms with Crippen LogP contribution in [0.3, 0.4) is 0 Å². The van der Waals surface area contributed by atoms with Gasteiger partial charge in [0.15, 0.2) is 0 Å². The third kappa shape index (κ3) is 3.77. The van der Waals surface area contributed by atoms with Gasteiger partial charge in [-0.1, -0.05) is 29.3 Å². The lowest BCUT2D eigenvalue weighted by molar-refractivity contribution is 0.577. The van der Waals surface area contributed by atoms with Crippen LogP contribution in [0.4, 0.5) is 0 Å². The standard InChI is InChI=1S/C13H17Cl2N5/c1-8-17-12(19-13(18-8)20(2)3)16-7-9-4-5-10(14)11(15)6-9/h4-6,8H,7H2,1-3H3,(H2,16,17,18,19). The Morgan fingerprint density at radius 3 is 2.65 bits per heavy atom. The van der Waals surface area contributed by atoms with Gasteiger partial charge >= 0.3 is 0 Å². The topological polar surface area (TPSA) is 52.0 Å². The minimum atomic E-state index is -0.107. The molecule has 2 N–H and O–H groups in total. The molecule has 0 bridgehead atoms. The molecule has 0 saturated heterocycles. The predicted molar refractivity (Wildman–Crippen MR) is 84.5 cm³/mol. The number of benzene rings is 1. The van der Waals surface area contributed by atoms with E-state index >= 15 is 0 Å². The highest BCUT2D eigenvalue weighted by molar-refractivity contribution is 6.42. The summed E-state index contributed by atoms with van der Waals surface area (Å²) < 4.78 is 0. The molecule has 0 fully saturated rings. The van der Waals surface area contributed by atoms with Crippen molar-refractivity contribution >= 4 is 35.1 Å². The highest BCUT2D eigenvalue weighted by Gasteiger charge is 2.14. The van der Waals surface area contributed by atoms with E-state index < -0.39 is 0 Å². The molecule has 1 aromatic carbocycles. The Morgan fingerprint density at radius 1 is 1.25 bits per heavy atom. The first-order chi connectivity index (χ1) is 9.45. The van der Waals surface area contributed by atoms with Crippen molar-refractivity contribution in [1.29, 1.82) is 0 Å². The smallest absolute Gasteiger partial charge is 0.202 e. The van der Waals surface area contributed by atoms with E-state index in [2.05, 4.69) is 20.6 Å². The number of hydrogen-bond donors (Lipinski definition) is 2. The molecule has 0 spiro atoms. The molecule has 1 unspecified atom stereocenters. The maximum Gasteiger partial charge on any atom is 0.202 e. The summed E-state index contributed by atoms with van der Waals surface area (Å²) in [6.07, 6.45) is -0.107. The lowest BCUT2D eigenvalue weighted by Gasteiger charge is -2.24. The van der Waals surface area contributed by atoms with Crippen molar-refractivity contribution in [2.75, 3.05) is 14.1 Å². The Labute approximate surface area is 128 Å². The Morgan fingerprint density at radius 2 is 2.00 bits per heavy atom. The minimum absolute atomic E-state index is 0.107. The molecular weight excluding hydrogens is 297 g/mol. The Kier molecular flexibility index (Phi) is 4.73. The third-order valence-corrected chi connectivity index (χ3v) is 3.46. The Balaban J connectivity index is 1.99. The molecule has 1 atom stereocenters. The largest absolute Gasteiger partial charge is 0.352 e. The van der Waals surface area contributed by atoms with Gasteiger partial charge in [0, 0.05) is 20.6 Å². The van der Waals surface area contributed by atoms with Crippen LogP contribution in [-0.2, 0) is 6.54 Å². The van der Waals surface area contributed by atoms with E-state index in [1.807, 2.05) is 38.1 Å². The molecule has 0 aliphatic carbocycles. The van der Waals surface area contributed by atoms with Gasteiger partial charge in [-0.15, -0.1) is 0 Å². The molecule has 5 nitrogen and oxygen atoms in total. The SMILES string of the molecule is CC1N=C(NCc2ccc(Cl)c(Cl)c2)NC(N(C)C)=N1. The van der Waals surface area contributed by atoms with Crippen LogP contribution in [-0.4, -0.2) is 37.1 Å². The quantitative estimate of drug-likeness (QED) is 0.881. The number of hydrogen-bond acceptors (Lipinski definition) is 5. The summed E-state index contributed by atoms with van der Waals surface area (Å²) in [6, 6.07) is 5.55. The average molecular weight is 314 g/mol. The average Bonchev–Trinajstić information content (AvgIpc) is 2.39. The number of nitrogens with zero attached hydrogens (tertiary/aromatic N) is 3. The van der Waals surface area contributed by atoms with Gasteiger partial charge in [0.2, 0.25) is 11.9 Å². The van der Waals surface area contributed by atoms with Crippen LogP contribution in [0.2, 0.25) is 10.0 Å². The van der Waals surface area contributed by atoms with Gasteiger partial charge in [-0.2, -0.15) is 0 Å². The van der Waals surface area contributed by atoms with E-state index in [1.54, 1.807) is 6.07 Å².